The Kier molecular flexibility index (Phi) is 5.86. The molecule has 1 aliphatic rings. The maximum atomic E-state index is 10.3. The van der Waals surface area contributed by atoms with Crippen molar-refractivity contribution in [2.24, 2.45) is 0 Å². The van der Waals surface area contributed by atoms with E-state index in [1.54, 1.807) is 7.11 Å². The molecule has 0 bridgehead atoms. The van der Waals surface area contributed by atoms with Gasteiger partial charge in [-0.05, 0) is 29.7 Å². The van der Waals surface area contributed by atoms with E-state index in [-0.39, 0.29) is 6.10 Å². The molecule has 0 aliphatic heterocycles. The van der Waals surface area contributed by atoms with Gasteiger partial charge in [0.2, 0.25) is 0 Å². The largest absolute Gasteiger partial charge is 0.497 e. The Morgan fingerprint density at radius 2 is 2.00 bits per heavy atom. The molecule has 2 atom stereocenters. The zero-order chi connectivity index (χ0) is 14.4. The quantitative estimate of drug-likeness (QED) is 0.738. The van der Waals surface area contributed by atoms with Gasteiger partial charge in [-0.1, -0.05) is 38.7 Å². The second-order valence-corrected chi connectivity index (χ2v) is 5.54. The minimum atomic E-state index is -0.518. The number of hydrogen-bond donors (Lipinski definition) is 1. The van der Waals surface area contributed by atoms with E-state index in [9.17, 15) is 5.11 Å². The highest BCUT2D eigenvalue weighted by Gasteiger charge is 2.31. The van der Waals surface area contributed by atoms with Crippen LogP contribution in [-0.2, 0) is 11.2 Å². The molecule has 3 heteroatoms. The van der Waals surface area contributed by atoms with E-state index in [2.05, 4.69) is 6.92 Å². The Balaban J connectivity index is 1.78. The van der Waals surface area contributed by atoms with Gasteiger partial charge in [0.25, 0.3) is 0 Å². The first kappa shape index (κ1) is 15.3. The van der Waals surface area contributed by atoms with Crippen molar-refractivity contribution in [3.8, 4) is 5.75 Å². The summed E-state index contributed by atoms with van der Waals surface area (Å²) in [5, 5.41) is 10.3. The molecule has 0 saturated carbocycles. The molecule has 0 spiro atoms. The Labute approximate surface area is 121 Å². The van der Waals surface area contributed by atoms with E-state index in [1.165, 1.54) is 31.2 Å². The fraction of sp³-hybridized carbons (Fsp3) is 0.647. The van der Waals surface area contributed by atoms with Crippen LogP contribution in [0.15, 0.2) is 18.2 Å². The predicted octanol–water partition coefficient (Wildman–Crippen LogP) is 3.64. The van der Waals surface area contributed by atoms with Crippen molar-refractivity contribution in [2.45, 2.75) is 57.7 Å². The lowest BCUT2D eigenvalue weighted by molar-refractivity contribution is -0.0289. The Morgan fingerprint density at radius 1 is 1.20 bits per heavy atom. The summed E-state index contributed by atoms with van der Waals surface area (Å²) in [7, 11) is 1.65. The van der Waals surface area contributed by atoms with Crippen LogP contribution < -0.4 is 4.74 Å². The van der Waals surface area contributed by atoms with Crippen molar-refractivity contribution in [1.82, 2.24) is 0 Å². The van der Waals surface area contributed by atoms with Crippen LogP contribution in [0.4, 0.5) is 0 Å². The first-order valence-electron chi connectivity index (χ1n) is 7.72. The Hall–Kier alpha value is -1.06. The molecule has 20 heavy (non-hydrogen) atoms. The van der Waals surface area contributed by atoms with E-state index < -0.39 is 6.10 Å². The summed E-state index contributed by atoms with van der Waals surface area (Å²) in [5.74, 6) is 0.794. The van der Waals surface area contributed by atoms with Crippen molar-refractivity contribution in [2.75, 3.05) is 13.7 Å². The molecule has 0 radical (unpaired) electrons. The lowest BCUT2D eigenvalue weighted by Gasteiger charge is -2.16. The van der Waals surface area contributed by atoms with Gasteiger partial charge in [0.05, 0.1) is 13.2 Å². The van der Waals surface area contributed by atoms with Gasteiger partial charge in [-0.25, -0.2) is 0 Å². The van der Waals surface area contributed by atoms with E-state index in [0.717, 1.165) is 30.8 Å². The van der Waals surface area contributed by atoms with Crippen LogP contribution >= 0.6 is 0 Å². The number of aliphatic hydroxyl groups is 1. The second-order valence-electron chi connectivity index (χ2n) is 5.54. The smallest absolute Gasteiger partial charge is 0.119 e. The van der Waals surface area contributed by atoms with Crippen LogP contribution in [0.2, 0.25) is 0 Å². The summed E-state index contributed by atoms with van der Waals surface area (Å²) in [5.41, 5.74) is 2.13. The van der Waals surface area contributed by atoms with Gasteiger partial charge in [0, 0.05) is 13.0 Å². The van der Waals surface area contributed by atoms with Gasteiger partial charge in [-0.3, -0.25) is 0 Å². The van der Waals surface area contributed by atoms with Crippen molar-refractivity contribution < 1.29 is 14.6 Å². The minimum absolute atomic E-state index is 0.0942. The molecule has 3 nitrogen and oxygen atoms in total. The molecule has 0 fully saturated rings. The molecule has 1 aromatic carbocycles. The van der Waals surface area contributed by atoms with Crippen molar-refractivity contribution in [3.63, 3.8) is 0 Å². The fourth-order valence-electron chi connectivity index (χ4n) is 2.78. The third kappa shape index (κ3) is 3.74. The summed E-state index contributed by atoms with van der Waals surface area (Å²) < 4.78 is 11.1. The number of rotatable bonds is 8. The molecule has 0 heterocycles. The summed E-state index contributed by atoms with van der Waals surface area (Å²) in [4.78, 5) is 0. The molecule has 112 valence electrons. The first-order chi connectivity index (χ1) is 9.76. The average molecular weight is 278 g/mol. The zero-order valence-corrected chi connectivity index (χ0v) is 12.6. The van der Waals surface area contributed by atoms with Crippen molar-refractivity contribution >= 4 is 0 Å². The highest BCUT2D eigenvalue weighted by Crippen LogP contribution is 2.35. The molecule has 2 unspecified atom stereocenters. The van der Waals surface area contributed by atoms with Crippen LogP contribution in [0.25, 0.3) is 0 Å². The normalized spacial score (nSPS) is 20.9. The number of hydrogen-bond acceptors (Lipinski definition) is 3. The monoisotopic (exact) mass is 278 g/mol. The SMILES string of the molecule is CCCCCCCOC1Cc2ccc(OC)cc2C1O. The lowest BCUT2D eigenvalue weighted by Crippen LogP contribution is -2.18. The maximum absolute atomic E-state index is 10.3. The number of aliphatic hydroxyl groups excluding tert-OH is 1. The Bertz CT molecular complexity index is 417. The van der Waals surface area contributed by atoms with Gasteiger partial charge in [0.15, 0.2) is 0 Å². The van der Waals surface area contributed by atoms with E-state index >= 15 is 0 Å². The van der Waals surface area contributed by atoms with Crippen molar-refractivity contribution in [3.05, 3.63) is 29.3 Å². The van der Waals surface area contributed by atoms with Gasteiger partial charge >= 0.3 is 0 Å². The van der Waals surface area contributed by atoms with Crippen LogP contribution in [0.3, 0.4) is 0 Å². The number of methoxy groups -OCH3 is 1. The highest BCUT2D eigenvalue weighted by atomic mass is 16.5. The highest BCUT2D eigenvalue weighted by molar-refractivity contribution is 5.41. The molecule has 1 aliphatic carbocycles. The lowest BCUT2D eigenvalue weighted by atomic mass is 10.1. The number of fused-ring (bicyclic) bond motifs is 1. The maximum Gasteiger partial charge on any atom is 0.119 e. The molecular weight excluding hydrogens is 252 g/mol. The molecular formula is C17H26O3. The third-order valence-electron chi connectivity index (χ3n) is 4.02. The van der Waals surface area contributed by atoms with Gasteiger partial charge in [-0.2, -0.15) is 0 Å². The summed E-state index contributed by atoms with van der Waals surface area (Å²) in [6.07, 6.45) is 6.34. The van der Waals surface area contributed by atoms with Crippen LogP contribution in [0.1, 0.15) is 56.3 Å². The van der Waals surface area contributed by atoms with Crippen molar-refractivity contribution in [1.29, 1.82) is 0 Å². The summed E-state index contributed by atoms with van der Waals surface area (Å²) >= 11 is 0. The number of unbranched alkanes of at least 4 members (excludes halogenated alkanes) is 4. The van der Waals surface area contributed by atoms with Gasteiger partial charge < -0.3 is 14.6 Å². The molecule has 2 rings (SSSR count). The molecule has 0 aromatic heterocycles. The molecule has 1 N–H and O–H groups in total. The third-order valence-corrected chi connectivity index (χ3v) is 4.02. The second kappa shape index (κ2) is 7.65. The summed E-state index contributed by atoms with van der Waals surface area (Å²) in [6.45, 7) is 2.97. The van der Waals surface area contributed by atoms with E-state index in [4.69, 9.17) is 9.47 Å². The fourth-order valence-corrected chi connectivity index (χ4v) is 2.78. The van der Waals surface area contributed by atoms with Crippen LogP contribution in [0, 0.1) is 0 Å². The standard InChI is InChI=1S/C17H26O3/c1-3-4-5-6-7-10-20-16-11-13-8-9-14(19-2)12-15(13)17(16)18/h8-9,12,16-18H,3-7,10-11H2,1-2H3. The number of ether oxygens (including phenoxy) is 2. The predicted molar refractivity (Wildman–Crippen MR) is 80.2 cm³/mol. The molecule has 0 saturated heterocycles. The Morgan fingerprint density at radius 3 is 2.75 bits per heavy atom. The van der Waals surface area contributed by atoms with Gasteiger partial charge in [0.1, 0.15) is 11.9 Å². The van der Waals surface area contributed by atoms with Gasteiger partial charge in [-0.15, -0.1) is 0 Å². The zero-order valence-electron chi connectivity index (χ0n) is 12.6. The first-order valence-corrected chi connectivity index (χ1v) is 7.72. The minimum Gasteiger partial charge on any atom is -0.497 e. The van der Waals surface area contributed by atoms with E-state index in [1.807, 2.05) is 18.2 Å². The molecule has 0 amide bonds. The summed E-state index contributed by atoms with van der Waals surface area (Å²) in [6, 6.07) is 5.89. The van der Waals surface area contributed by atoms with Crippen LogP contribution in [-0.4, -0.2) is 24.9 Å². The van der Waals surface area contributed by atoms with E-state index in [0.29, 0.717) is 0 Å². The number of benzene rings is 1. The topological polar surface area (TPSA) is 38.7 Å². The molecule has 1 aromatic rings. The average Bonchev–Trinajstić information content (AvgIpc) is 2.79. The van der Waals surface area contributed by atoms with Crippen LogP contribution in [0.5, 0.6) is 5.75 Å².